The van der Waals surface area contributed by atoms with E-state index >= 15 is 0 Å². The lowest BCUT2D eigenvalue weighted by molar-refractivity contribution is 0.469. The van der Waals surface area contributed by atoms with Gasteiger partial charge in [0.2, 0.25) is 5.28 Å². The van der Waals surface area contributed by atoms with Crippen molar-refractivity contribution in [2.45, 2.75) is 23.3 Å². The molecule has 3 unspecified atom stereocenters. The second-order valence-corrected chi connectivity index (χ2v) is 7.83. The quantitative estimate of drug-likeness (QED) is 0.743. The van der Waals surface area contributed by atoms with Gasteiger partial charge >= 0.3 is 0 Å². The topological polar surface area (TPSA) is 59.9 Å². The van der Waals surface area contributed by atoms with Crippen LogP contribution >= 0.6 is 23.2 Å². The largest absolute Gasteiger partial charge is 0.227 e. The minimum atomic E-state index is -3.44. The summed E-state index contributed by atoms with van der Waals surface area (Å²) in [5.74, 6) is -0.0164. The van der Waals surface area contributed by atoms with E-state index in [0.29, 0.717) is 12.1 Å². The summed E-state index contributed by atoms with van der Waals surface area (Å²) < 4.78 is 25.5. The zero-order valence-electron chi connectivity index (χ0n) is 10.3. The molecule has 0 amide bonds. The van der Waals surface area contributed by atoms with Gasteiger partial charge in [0, 0.05) is 0 Å². The van der Waals surface area contributed by atoms with Gasteiger partial charge < -0.3 is 0 Å². The van der Waals surface area contributed by atoms with Gasteiger partial charge in [-0.05, 0) is 36.4 Å². The average Bonchev–Trinajstić information content (AvgIpc) is 2.42. The van der Waals surface area contributed by atoms with Crippen molar-refractivity contribution < 1.29 is 8.42 Å². The molecule has 2 aliphatic rings. The minimum Gasteiger partial charge on any atom is -0.227 e. The van der Waals surface area contributed by atoms with E-state index in [4.69, 9.17) is 23.2 Å². The van der Waals surface area contributed by atoms with E-state index in [1.807, 2.05) is 12.2 Å². The van der Waals surface area contributed by atoms with Crippen molar-refractivity contribution in [3.05, 3.63) is 46.5 Å². The third kappa shape index (κ3) is 2.28. The number of hydrogen-bond acceptors (Lipinski definition) is 4. The van der Waals surface area contributed by atoms with Crippen LogP contribution in [-0.4, -0.2) is 23.6 Å². The van der Waals surface area contributed by atoms with Crippen LogP contribution in [0.4, 0.5) is 0 Å². The number of fused-ring (bicyclic) bond motifs is 1. The SMILES string of the molecule is O=S1(=O)C(c2nc(Cl)ncc2Cl)CCC2C=CC=[C]C21. The van der Waals surface area contributed by atoms with E-state index in [-0.39, 0.29) is 16.2 Å². The molecule has 1 fully saturated rings. The molecule has 105 valence electrons. The van der Waals surface area contributed by atoms with Crippen molar-refractivity contribution in [2.24, 2.45) is 5.92 Å². The Bertz CT molecular complexity index is 700. The highest BCUT2D eigenvalue weighted by Gasteiger charge is 2.44. The molecule has 1 radical (unpaired) electrons. The highest BCUT2D eigenvalue weighted by molar-refractivity contribution is 7.92. The molecular formula is C13H11Cl2N2O2S. The van der Waals surface area contributed by atoms with Gasteiger partial charge in [0.1, 0.15) is 5.25 Å². The summed E-state index contributed by atoms with van der Waals surface area (Å²) in [4.78, 5) is 7.77. The second-order valence-electron chi connectivity index (χ2n) is 4.83. The fourth-order valence-electron chi connectivity index (χ4n) is 2.72. The van der Waals surface area contributed by atoms with Gasteiger partial charge in [0.05, 0.1) is 22.2 Å². The molecule has 1 saturated heterocycles. The van der Waals surface area contributed by atoms with E-state index in [9.17, 15) is 8.42 Å². The van der Waals surface area contributed by atoms with E-state index in [1.165, 1.54) is 6.20 Å². The molecule has 0 spiro atoms. The molecule has 7 heteroatoms. The van der Waals surface area contributed by atoms with Crippen molar-refractivity contribution in [1.82, 2.24) is 9.97 Å². The average molecular weight is 330 g/mol. The molecule has 1 aliphatic heterocycles. The Morgan fingerprint density at radius 2 is 2.10 bits per heavy atom. The Balaban J connectivity index is 2.05. The Kier molecular flexibility index (Phi) is 3.60. The monoisotopic (exact) mass is 329 g/mol. The molecule has 3 rings (SSSR count). The first-order chi connectivity index (χ1) is 9.50. The number of allylic oxidation sites excluding steroid dienone is 3. The second kappa shape index (κ2) is 5.13. The van der Waals surface area contributed by atoms with E-state index in [1.54, 1.807) is 6.08 Å². The highest BCUT2D eigenvalue weighted by Crippen LogP contribution is 2.43. The first-order valence-electron chi connectivity index (χ1n) is 6.17. The first-order valence-corrected chi connectivity index (χ1v) is 8.53. The summed E-state index contributed by atoms with van der Waals surface area (Å²) in [6, 6.07) is 0. The summed E-state index contributed by atoms with van der Waals surface area (Å²) >= 11 is 11.8. The van der Waals surface area contributed by atoms with Gasteiger partial charge in [0.15, 0.2) is 9.84 Å². The fourth-order valence-corrected chi connectivity index (χ4v) is 5.44. The molecule has 1 aromatic heterocycles. The van der Waals surface area contributed by atoms with Crippen LogP contribution < -0.4 is 0 Å². The molecule has 0 N–H and O–H groups in total. The van der Waals surface area contributed by atoms with Crippen LogP contribution in [0, 0.1) is 12.0 Å². The molecule has 0 aromatic carbocycles. The van der Waals surface area contributed by atoms with E-state index < -0.39 is 20.3 Å². The molecule has 0 saturated carbocycles. The first kappa shape index (κ1) is 14.0. The maximum Gasteiger partial charge on any atom is 0.222 e. The van der Waals surface area contributed by atoms with Crippen molar-refractivity contribution in [3.63, 3.8) is 0 Å². The van der Waals surface area contributed by atoms with Gasteiger partial charge in [-0.2, -0.15) is 0 Å². The molecule has 4 nitrogen and oxygen atoms in total. The van der Waals surface area contributed by atoms with Crippen molar-refractivity contribution in [1.29, 1.82) is 0 Å². The minimum absolute atomic E-state index is 0.00443. The summed E-state index contributed by atoms with van der Waals surface area (Å²) in [6.45, 7) is 0. The number of aromatic nitrogens is 2. The summed E-state index contributed by atoms with van der Waals surface area (Å²) in [5, 5.41) is -1.14. The van der Waals surface area contributed by atoms with Crippen LogP contribution in [0.2, 0.25) is 10.3 Å². The molecule has 1 aromatic rings. The Labute approximate surface area is 127 Å². The third-order valence-corrected chi connectivity index (χ3v) is 6.58. The standard InChI is InChI=1S/C13H11Cl2N2O2S/c14-9-7-16-13(15)17-12(9)11-6-5-8-3-1-2-4-10(8)20(11,18)19/h1-3,7-8,10-11H,5-6H2. The van der Waals surface area contributed by atoms with Gasteiger partial charge in [0.25, 0.3) is 0 Å². The van der Waals surface area contributed by atoms with Crippen molar-refractivity contribution in [3.8, 4) is 0 Å². The van der Waals surface area contributed by atoms with Crippen LogP contribution in [0.1, 0.15) is 23.8 Å². The Morgan fingerprint density at radius 3 is 2.90 bits per heavy atom. The number of hydrogen-bond donors (Lipinski definition) is 0. The van der Waals surface area contributed by atoms with Crippen LogP contribution in [0.15, 0.2) is 24.4 Å². The normalized spacial score (nSPS) is 31.0. The third-order valence-electron chi connectivity index (χ3n) is 3.66. The van der Waals surface area contributed by atoms with E-state index in [2.05, 4.69) is 16.0 Å². The predicted molar refractivity (Wildman–Crippen MR) is 77.2 cm³/mol. The smallest absolute Gasteiger partial charge is 0.222 e. The lowest BCUT2D eigenvalue weighted by Crippen LogP contribution is -2.37. The Hall–Kier alpha value is -0.910. The fraction of sp³-hybridized carbons (Fsp3) is 0.385. The maximum absolute atomic E-state index is 12.7. The van der Waals surface area contributed by atoms with Gasteiger partial charge in [-0.15, -0.1) is 0 Å². The molecule has 2 heterocycles. The summed E-state index contributed by atoms with van der Waals surface area (Å²) in [6.07, 6.45) is 10.9. The van der Waals surface area contributed by atoms with Crippen molar-refractivity contribution >= 4 is 33.0 Å². The molecular weight excluding hydrogens is 319 g/mol. The molecule has 0 bridgehead atoms. The van der Waals surface area contributed by atoms with Crippen LogP contribution in [0.5, 0.6) is 0 Å². The number of nitrogens with zero attached hydrogens (tertiary/aromatic N) is 2. The van der Waals surface area contributed by atoms with Crippen LogP contribution in [-0.2, 0) is 9.84 Å². The summed E-state index contributed by atoms with van der Waals surface area (Å²) in [5.41, 5.74) is 0.293. The summed E-state index contributed by atoms with van der Waals surface area (Å²) in [7, 11) is -3.44. The molecule has 3 atom stereocenters. The van der Waals surface area contributed by atoms with Crippen LogP contribution in [0.3, 0.4) is 0 Å². The predicted octanol–water partition coefficient (Wildman–Crippen LogP) is 2.95. The van der Waals surface area contributed by atoms with Gasteiger partial charge in [-0.1, -0.05) is 29.8 Å². The molecule has 20 heavy (non-hydrogen) atoms. The van der Waals surface area contributed by atoms with Crippen molar-refractivity contribution in [2.75, 3.05) is 0 Å². The highest BCUT2D eigenvalue weighted by atomic mass is 35.5. The lowest BCUT2D eigenvalue weighted by Gasteiger charge is -2.33. The lowest BCUT2D eigenvalue weighted by atomic mass is 9.93. The molecule has 1 aliphatic carbocycles. The van der Waals surface area contributed by atoms with E-state index in [0.717, 1.165) is 6.42 Å². The van der Waals surface area contributed by atoms with Gasteiger partial charge in [-0.3, -0.25) is 0 Å². The zero-order valence-corrected chi connectivity index (χ0v) is 12.7. The Morgan fingerprint density at radius 1 is 1.30 bits per heavy atom. The number of sulfone groups is 1. The number of rotatable bonds is 1. The van der Waals surface area contributed by atoms with Crippen LogP contribution in [0.25, 0.3) is 0 Å². The van der Waals surface area contributed by atoms with Gasteiger partial charge in [-0.25, -0.2) is 18.4 Å². The zero-order chi connectivity index (χ0) is 14.3. The maximum atomic E-state index is 12.7. The number of halogens is 2.